The fraction of sp³-hybridized carbons (Fsp3) is 0.462. The molecule has 94 valence electrons. The third-order valence-corrected chi connectivity index (χ3v) is 3.32. The number of amides is 1. The maximum atomic E-state index is 11.5. The van der Waals surface area contributed by atoms with Crippen molar-refractivity contribution >= 4 is 17.7 Å². The van der Waals surface area contributed by atoms with E-state index >= 15 is 0 Å². The predicted octanol–water partition coefficient (Wildman–Crippen LogP) is 2.06. The van der Waals surface area contributed by atoms with Gasteiger partial charge in [-0.2, -0.15) is 0 Å². The maximum absolute atomic E-state index is 11.5. The summed E-state index contributed by atoms with van der Waals surface area (Å²) in [5.74, 6) is 0.830. The number of aliphatic hydroxyl groups is 1. The van der Waals surface area contributed by atoms with Crippen molar-refractivity contribution in [2.24, 2.45) is 0 Å². The highest BCUT2D eigenvalue weighted by atomic mass is 32.2. The molecule has 0 saturated carbocycles. The number of carbonyl (C=O) groups is 1. The van der Waals surface area contributed by atoms with Gasteiger partial charge in [0, 0.05) is 29.7 Å². The standard InChI is InChI=1S/C13H19NO2S/c1-11(7-9-15)14-13(16)8-10-17-12-5-3-2-4-6-12/h2-6,11,15H,7-10H2,1H3,(H,14,16). The number of hydrogen-bond donors (Lipinski definition) is 2. The highest BCUT2D eigenvalue weighted by Crippen LogP contribution is 2.17. The number of nitrogens with one attached hydrogen (secondary N) is 1. The number of carbonyl (C=O) groups excluding carboxylic acids is 1. The lowest BCUT2D eigenvalue weighted by atomic mass is 10.2. The molecule has 0 aliphatic rings. The Labute approximate surface area is 107 Å². The molecular formula is C13H19NO2S. The Hall–Kier alpha value is -1.00. The van der Waals surface area contributed by atoms with Crippen molar-refractivity contribution in [2.45, 2.75) is 30.7 Å². The van der Waals surface area contributed by atoms with E-state index in [1.54, 1.807) is 11.8 Å². The average Bonchev–Trinajstić information content (AvgIpc) is 2.30. The quantitative estimate of drug-likeness (QED) is 0.731. The molecule has 1 unspecified atom stereocenters. The van der Waals surface area contributed by atoms with Crippen molar-refractivity contribution in [1.82, 2.24) is 5.32 Å². The van der Waals surface area contributed by atoms with Crippen molar-refractivity contribution in [3.05, 3.63) is 30.3 Å². The summed E-state index contributed by atoms with van der Waals surface area (Å²) in [6.45, 7) is 2.01. The Kier molecular flexibility index (Phi) is 6.74. The SMILES string of the molecule is CC(CCO)NC(=O)CCSc1ccccc1. The molecule has 0 aliphatic carbocycles. The van der Waals surface area contributed by atoms with E-state index in [0.29, 0.717) is 12.8 Å². The number of benzene rings is 1. The van der Waals surface area contributed by atoms with Crippen LogP contribution in [0.15, 0.2) is 35.2 Å². The van der Waals surface area contributed by atoms with Gasteiger partial charge >= 0.3 is 0 Å². The van der Waals surface area contributed by atoms with Crippen molar-refractivity contribution in [3.63, 3.8) is 0 Å². The molecule has 3 nitrogen and oxygen atoms in total. The topological polar surface area (TPSA) is 49.3 Å². The van der Waals surface area contributed by atoms with E-state index in [1.165, 1.54) is 4.90 Å². The smallest absolute Gasteiger partial charge is 0.221 e. The van der Waals surface area contributed by atoms with E-state index in [9.17, 15) is 4.79 Å². The zero-order valence-corrected chi connectivity index (χ0v) is 10.9. The molecule has 1 amide bonds. The van der Waals surface area contributed by atoms with Gasteiger partial charge in [-0.3, -0.25) is 4.79 Å². The molecule has 4 heteroatoms. The van der Waals surface area contributed by atoms with Crippen LogP contribution < -0.4 is 5.32 Å². The molecule has 2 N–H and O–H groups in total. The molecule has 1 rings (SSSR count). The Balaban J connectivity index is 2.16. The van der Waals surface area contributed by atoms with E-state index < -0.39 is 0 Å². The van der Waals surface area contributed by atoms with E-state index in [0.717, 1.165) is 5.75 Å². The minimum atomic E-state index is 0.0502. The van der Waals surface area contributed by atoms with Gasteiger partial charge in [-0.05, 0) is 25.5 Å². The van der Waals surface area contributed by atoms with E-state index in [2.05, 4.69) is 5.32 Å². The number of thioether (sulfide) groups is 1. The molecule has 0 heterocycles. The Morgan fingerprint density at radius 2 is 2.12 bits per heavy atom. The Bertz CT molecular complexity index is 329. The first kappa shape index (κ1) is 14.1. The van der Waals surface area contributed by atoms with Crippen LogP contribution in [0.3, 0.4) is 0 Å². The summed E-state index contributed by atoms with van der Waals surface area (Å²) in [7, 11) is 0. The van der Waals surface area contributed by atoms with Gasteiger partial charge in [-0.15, -0.1) is 11.8 Å². The molecule has 17 heavy (non-hydrogen) atoms. The lowest BCUT2D eigenvalue weighted by Crippen LogP contribution is -2.33. The zero-order chi connectivity index (χ0) is 12.5. The van der Waals surface area contributed by atoms with Gasteiger partial charge in [-0.1, -0.05) is 18.2 Å². The van der Waals surface area contributed by atoms with Gasteiger partial charge in [0.15, 0.2) is 0 Å². The van der Waals surface area contributed by atoms with E-state index in [-0.39, 0.29) is 18.6 Å². The second-order valence-corrected chi connectivity index (χ2v) is 5.06. The van der Waals surface area contributed by atoms with Crippen LogP contribution in [0, 0.1) is 0 Å². The van der Waals surface area contributed by atoms with Crippen LogP contribution in [0.1, 0.15) is 19.8 Å². The van der Waals surface area contributed by atoms with Crippen molar-refractivity contribution in [1.29, 1.82) is 0 Å². The van der Waals surface area contributed by atoms with Crippen LogP contribution in [-0.4, -0.2) is 29.4 Å². The summed E-state index contributed by atoms with van der Waals surface area (Å²) < 4.78 is 0. The molecule has 0 aromatic heterocycles. The summed E-state index contributed by atoms with van der Waals surface area (Å²) >= 11 is 1.68. The molecule has 0 spiro atoms. The summed E-state index contributed by atoms with van der Waals surface area (Å²) in [6, 6.07) is 10.1. The van der Waals surface area contributed by atoms with Crippen LogP contribution >= 0.6 is 11.8 Å². The summed E-state index contributed by atoms with van der Waals surface area (Å²) in [6.07, 6.45) is 1.12. The predicted molar refractivity (Wildman–Crippen MR) is 71.1 cm³/mol. The van der Waals surface area contributed by atoms with E-state index in [1.807, 2.05) is 37.3 Å². The van der Waals surface area contributed by atoms with Crippen LogP contribution in [0.2, 0.25) is 0 Å². The molecule has 0 fully saturated rings. The first-order chi connectivity index (χ1) is 8.22. The number of rotatable bonds is 7. The molecule has 1 aromatic carbocycles. The second-order valence-electron chi connectivity index (χ2n) is 3.89. The highest BCUT2D eigenvalue weighted by Gasteiger charge is 2.06. The monoisotopic (exact) mass is 253 g/mol. The van der Waals surface area contributed by atoms with Crippen molar-refractivity contribution < 1.29 is 9.90 Å². The lowest BCUT2D eigenvalue weighted by molar-refractivity contribution is -0.121. The number of hydrogen-bond acceptors (Lipinski definition) is 3. The second kappa shape index (κ2) is 8.14. The van der Waals surface area contributed by atoms with Gasteiger partial charge in [0.25, 0.3) is 0 Å². The lowest BCUT2D eigenvalue weighted by Gasteiger charge is -2.11. The summed E-state index contributed by atoms with van der Waals surface area (Å²) in [4.78, 5) is 12.7. The van der Waals surface area contributed by atoms with Crippen molar-refractivity contribution in [3.8, 4) is 0 Å². The third-order valence-electron chi connectivity index (χ3n) is 2.31. The van der Waals surface area contributed by atoms with Gasteiger partial charge in [0.2, 0.25) is 5.91 Å². The molecule has 0 saturated heterocycles. The molecule has 0 bridgehead atoms. The molecule has 1 atom stereocenters. The molecule has 1 aromatic rings. The van der Waals surface area contributed by atoms with Crippen LogP contribution in [0.4, 0.5) is 0 Å². The van der Waals surface area contributed by atoms with Crippen LogP contribution in [0.25, 0.3) is 0 Å². The van der Waals surface area contributed by atoms with Crippen LogP contribution in [-0.2, 0) is 4.79 Å². The first-order valence-corrected chi connectivity index (χ1v) is 6.79. The fourth-order valence-electron chi connectivity index (χ4n) is 1.39. The Morgan fingerprint density at radius 3 is 2.76 bits per heavy atom. The van der Waals surface area contributed by atoms with Gasteiger partial charge in [0.05, 0.1) is 0 Å². The van der Waals surface area contributed by atoms with Crippen LogP contribution in [0.5, 0.6) is 0 Å². The largest absolute Gasteiger partial charge is 0.396 e. The van der Waals surface area contributed by atoms with Crippen molar-refractivity contribution in [2.75, 3.05) is 12.4 Å². The zero-order valence-electron chi connectivity index (χ0n) is 10.1. The average molecular weight is 253 g/mol. The normalized spacial score (nSPS) is 12.1. The molecule has 0 aliphatic heterocycles. The maximum Gasteiger partial charge on any atom is 0.221 e. The minimum Gasteiger partial charge on any atom is -0.396 e. The first-order valence-electron chi connectivity index (χ1n) is 5.80. The van der Waals surface area contributed by atoms with Gasteiger partial charge < -0.3 is 10.4 Å². The Morgan fingerprint density at radius 1 is 1.41 bits per heavy atom. The number of aliphatic hydroxyl groups excluding tert-OH is 1. The highest BCUT2D eigenvalue weighted by molar-refractivity contribution is 7.99. The van der Waals surface area contributed by atoms with Gasteiger partial charge in [0.1, 0.15) is 0 Å². The minimum absolute atomic E-state index is 0.0502. The molecule has 0 radical (unpaired) electrons. The molecular weight excluding hydrogens is 234 g/mol. The van der Waals surface area contributed by atoms with E-state index in [4.69, 9.17) is 5.11 Å². The summed E-state index contributed by atoms with van der Waals surface area (Å²) in [5.41, 5.74) is 0. The third kappa shape index (κ3) is 6.34. The summed E-state index contributed by atoms with van der Waals surface area (Å²) in [5, 5.41) is 11.6. The fourth-order valence-corrected chi connectivity index (χ4v) is 2.26. The van der Waals surface area contributed by atoms with Gasteiger partial charge in [-0.25, -0.2) is 0 Å².